The van der Waals surface area contributed by atoms with Crippen LogP contribution in [0.15, 0.2) is 48.5 Å². The fourth-order valence-electron chi connectivity index (χ4n) is 4.78. The van der Waals surface area contributed by atoms with Gasteiger partial charge in [-0.3, -0.25) is 9.59 Å². The molecule has 2 heterocycles. The number of benzene rings is 3. The molecular formula is C27H18ClF5N4O4S. The molecular weight excluding hydrogens is 607 g/mol. The molecule has 0 aromatic heterocycles. The lowest BCUT2D eigenvalue weighted by molar-refractivity contribution is -0.137. The summed E-state index contributed by atoms with van der Waals surface area (Å²) >= 11 is 6.26. The molecule has 0 spiro atoms. The first-order valence-electron chi connectivity index (χ1n) is 12.2. The number of nitrogens with one attached hydrogen (secondary N) is 2. The van der Waals surface area contributed by atoms with Gasteiger partial charge in [0.05, 0.1) is 29.3 Å². The zero-order chi connectivity index (χ0) is 30.6. The first-order chi connectivity index (χ1) is 19.7. The molecule has 2 aliphatic heterocycles. The number of halogens is 6. The minimum atomic E-state index is -4.95. The van der Waals surface area contributed by atoms with Gasteiger partial charge in [0.25, 0.3) is 11.8 Å². The molecule has 2 amide bonds. The summed E-state index contributed by atoms with van der Waals surface area (Å²) in [5.74, 6) is -5.04. The lowest BCUT2D eigenvalue weighted by atomic mass is 9.94. The zero-order valence-corrected chi connectivity index (χ0v) is 22.7. The van der Waals surface area contributed by atoms with Gasteiger partial charge in [-0.25, -0.2) is 17.2 Å². The van der Waals surface area contributed by atoms with Gasteiger partial charge in [-0.2, -0.15) is 22.7 Å². The second-order valence-electron chi connectivity index (χ2n) is 9.76. The molecule has 15 heteroatoms. The zero-order valence-electron chi connectivity index (χ0n) is 21.1. The Balaban J connectivity index is 1.59. The minimum Gasteiger partial charge on any atom is -0.341 e. The van der Waals surface area contributed by atoms with E-state index in [1.807, 2.05) is 6.07 Å². The van der Waals surface area contributed by atoms with Crippen LogP contribution < -0.4 is 10.6 Å². The molecule has 1 unspecified atom stereocenters. The highest BCUT2D eigenvalue weighted by Gasteiger charge is 2.38. The predicted octanol–water partition coefficient (Wildman–Crippen LogP) is 5.01. The Morgan fingerprint density at radius 1 is 1.10 bits per heavy atom. The third-order valence-corrected chi connectivity index (χ3v) is 8.95. The van der Waals surface area contributed by atoms with E-state index >= 15 is 0 Å². The second kappa shape index (κ2) is 10.6. The topological polar surface area (TPSA) is 119 Å². The Morgan fingerprint density at radius 3 is 2.48 bits per heavy atom. The minimum absolute atomic E-state index is 0.0187. The summed E-state index contributed by atoms with van der Waals surface area (Å²) in [6.07, 6.45) is -4.95. The lowest BCUT2D eigenvalue weighted by Gasteiger charge is -2.34. The van der Waals surface area contributed by atoms with E-state index in [9.17, 15) is 40.0 Å². The number of anilines is 1. The first-order valence-corrected chi connectivity index (χ1v) is 14.1. The van der Waals surface area contributed by atoms with E-state index in [2.05, 4.69) is 10.6 Å². The first kappa shape index (κ1) is 29.4. The Hall–Kier alpha value is -4.06. The number of sulfonamides is 1. The maximum Gasteiger partial charge on any atom is 0.416 e. The van der Waals surface area contributed by atoms with Crippen molar-refractivity contribution in [1.82, 2.24) is 9.62 Å². The Labute approximate surface area is 240 Å². The normalized spacial score (nSPS) is 17.3. The van der Waals surface area contributed by atoms with Gasteiger partial charge in [0.2, 0.25) is 10.0 Å². The molecule has 5 rings (SSSR count). The molecule has 3 aromatic carbocycles. The number of nitriles is 1. The Morgan fingerprint density at radius 2 is 1.81 bits per heavy atom. The van der Waals surface area contributed by atoms with Crippen LogP contribution in [-0.2, 0) is 22.0 Å². The third-order valence-electron chi connectivity index (χ3n) is 6.83. The number of hydrogen-bond donors (Lipinski definition) is 2. The average molecular weight is 625 g/mol. The summed E-state index contributed by atoms with van der Waals surface area (Å²) in [5.41, 5.74) is -2.24. The smallest absolute Gasteiger partial charge is 0.341 e. The summed E-state index contributed by atoms with van der Waals surface area (Å²) < 4.78 is 94.9. The number of carbonyl (C=O) groups excluding carboxylic acids is 2. The Bertz CT molecular complexity index is 1790. The standard InChI is InChI=1S/C27H18ClF5N4O4S/c28-21-2-1-17(29)8-19(21)24-23-20(26(39)36-24)3-13(12-42(40,41)37-10-14(9-34)11-37)4-22(23)35-25(38)15-5-16(27(31,32)33)7-18(30)6-15/h1-8,14,24H,10-12H2,(H,35,38)(H,36,39). The van der Waals surface area contributed by atoms with E-state index in [1.54, 1.807) is 0 Å². The quantitative estimate of drug-likeness (QED) is 0.374. The summed E-state index contributed by atoms with van der Waals surface area (Å²) in [7, 11) is -3.97. The van der Waals surface area contributed by atoms with Crippen molar-refractivity contribution in [3.8, 4) is 6.07 Å². The van der Waals surface area contributed by atoms with Gasteiger partial charge < -0.3 is 10.6 Å². The van der Waals surface area contributed by atoms with Crippen LogP contribution in [-0.4, -0.2) is 37.6 Å². The van der Waals surface area contributed by atoms with Crippen molar-refractivity contribution < 1.29 is 40.0 Å². The van der Waals surface area contributed by atoms with Gasteiger partial charge in [0, 0.05) is 46.1 Å². The number of rotatable bonds is 6. The molecule has 218 valence electrons. The average Bonchev–Trinajstić information content (AvgIpc) is 3.19. The summed E-state index contributed by atoms with van der Waals surface area (Å²) in [4.78, 5) is 26.1. The van der Waals surface area contributed by atoms with E-state index in [-0.39, 0.29) is 52.1 Å². The van der Waals surface area contributed by atoms with Gasteiger partial charge in [-0.1, -0.05) is 11.6 Å². The van der Waals surface area contributed by atoms with Crippen LogP contribution in [0.25, 0.3) is 0 Å². The summed E-state index contributed by atoms with van der Waals surface area (Å²) in [6, 6.07) is 7.89. The number of fused-ring (bicyclic) bond motifs is 1. The molecule has 2 N–H and O–H groups in total. The molecule has 1 atom stereocenters. The summed E-state index contributed by atoms with van der Waals surface area (Å²) in [5, 5.41) is 14.0. The van der Waals surface area contributed by atoms with Crippen molar-refractivity contribution in [3.05, 3.63) is 98.6 Å². The van der Waals surface area contributed by atoms with Crippen molar-refractivity contribution in [2.75, 3.05) is 18.4 Å². The van der Waals surface area contributed by atoms with Crippen LogP contribution in [0.1, 0.15) is 49.0 Å². The van der Waals surface area contributed by atoms with Crippen molar-refractivity contribution in [3.63, 3.8) is 0 Å². The van der Waals surface area contributed by atoms with E-state index in [0.29, 0.717) is 12.1 Å². The third kappa shape index (κ3) is 5.67. The maximum atomic E-state index is 14.1. The predicted molar refractivity (Wildman–Crippen MR) is 140 cm³/mol. The van der Waals surface area contributed by atoms with Gasteiger partial charge >= 0.3 is 6.18 Å². The molecule has 0 bridgehead atoms. The van der Waals surface area contributed by atoms with E-state index in [4.69, 9.17) is 16.9 Å². The molecule has 42 heavy (non-hydrogen) atoms. The monoisotopic (exact) mass is 624 g/mol. The molecule has 3 aromatic rings. The van der Waals surface area contributed by atoms with Crippen LogP contribution in [0.2, 0.25) is 5.02 Å². The largest absolute Gasteiger partial charge is 0.416 e. The molecule has 0 radical (unpaired) electrons. The Kier molecular flexibility index (Phi) is 7.46. The number of hydrogen-bond acceptors (Lipinski definition) is 5. The van der Waals surface area contributed by atoms with Crippen LogP contribution in [0.4, 0.5) is 27.6 Å². The number of amides is 2. The number of alkyl halides is 3. The highest BCUT2D eigenvalue weighted by molar-refractivity contribution is 7.88. The number of nitrogens with zero attached hydrogens (tertiary/aromatic N) is 2. The van der Waals surface area contributed by atoms with Crippen molar-refractivity contribution in [2.24, 2.45) is 5.92 Å². The van der Waals surface area contributed by atoms with E-state index in [1.165, 1.54) is 18.2 Å². The molecule has 8 nitrogen and oxygen atoms in total. The van der Waals surface area contributed by atoms with Crippen LogP contribution in [0.3, 0.4) is 0 Å². The fourth-order valence-corrected chi connectivity index (χ4v) is 6.59. The molecule has 2 aliphatic rings. The molecule has 1 fully saturated rings. The molecule has 1 saturated heterocycles. The van der Waals surface area contributed by atoms with Crippen LogP contribution in [0, 0.1) is 28.9 Å². The fraction of sp³-hybridized carbons (Fsp3) is 0.222. The van der Waals surface area contributed by atoms with E-state index < -0.39 is 68.5 Å². The van der Waals surface area contributed by atoms with E-state index in [0.717, 1.165) is 16.4 Å². The second-order valence-corrected chi connectivity index (χ2v) is 12.1. The van der Waals surface area contributed by atoms with Gasteiger partial charge in [-0.05, 0) is 54.1 Å². The van der Waals surface area contributed by atoms with Gasteiger partial charge in [0.1, 0.15) is 11.6 Å². The van der Waals surface area contributed by atoms with Crippen molar-refractivity contribution in [1.29, 1.82) is 5.26 Å². The van der Waals surface area contributed by atoms with Crippen LogP contribution >= 0.6 is 11.6 Å². The SMILES string of the molecule is N#CC1CN(S(=O)(=O)Cc2cc(NC(=O)c3cc(F)cc(C(F)(F)F)c3)c3c(c2)C(=O)NC3c2cc(F)ccc2Cl)C1. The van der Waals surface area contributed by atoms with Crippen molar-refractivity contribution >= 4 is 39.1 Å². The molecule has 0 saturated carbocycles. The highest BCUT2D eigenvalue weighted by atomic mass is 35.5. The van der Waals surface area contributed by atoms with Gasteiger partial charge in [-0.15, -0.1) is 0 Å². The van der Waals surface area contributed by atoms with Crippen LogP contribution in [0.5, 0.6) is 0 Å². The van der Waals surface area contributed by atoms with Crippen molar-refractivity contribution in [2.45, 2.75) is 18.0 Å². The highest BCUT2D eigenvalue weighted by Crippen LogP contribution is 2.41. The molecule has 0 aliphatic carbocycles. The maximum absolute atomic E-state index is 14.1. The summed E-state index contributed by atoms with van der Waals surface area (Å²) in [6.45, 7) is -0.0375. The lowest BCUT2D eigenvalue weighted by Crippen LogP contribution is -2.49. The van der Waals surface area contributed by atoms with Gasteiger partial charge in [0.15, 0.2) is 0 Å². The number of carbonyl (C=O) groups is 2.